The molecule has 1 aliphatic carbocycles. The molecule has 0 bridgehead atoms. The van der Waals surface area contributed by atoms with Crippen LogP contribution in [0.3, 0.4) is 0 Å². The maximum absolute atomic E-state index is 6.04. The molecular formula is C14H29N3. The van der Waals surface area contributed by atoms with Gasteiger partial charge in [0.2, 0.25) is 0 Å². The van der Waals surface area contributed by atoms with Crippen LogP contribution >= 0.6 is 0 Å². The van der Waals surface area contributed by atoms with Crippen LogP contribution in [0.1, 0.15) is 38.5 Å². The lowest BCUT2D eigenvalue weighted by Crippen LogP contribution is -2.53. The Morgan fingerprint density at radius 3 is 2.53 bits per heavy atom. The van der Waals surface area contributed by atoms with Crippen molar-refractivity contribution in [2.45, 2.75) is 50.6 Å². The maximum Gasteiger partial charge on any atom is 0.0247 e. The van der Waals surface area contributed by atoms with Gasteiger partial charge in [-0.2, -0.15) is 0 Å². The third-order valence-corrected chi connectivity index (χ3v) is 4.88. The number of hydrogen-bond donors (Lipinski definition) is 1. The van der Waals surface area contributed by atoms with Crippen molar-refractivity contribution in [3.8, 4) is 0 Å². The molecule has 0 aromatic heterocycles. The van der Waals surface area contributed by atoms with Crippen LogP contribution in [-0.4, -0.2) is 55.6 Å². The SMILES string of the molecule is CN1CCCC(N(C)C(CN)C2CCCC2)C1. The van der Waals surface area contributed by atoms with E-state index in [2.05, 4.69) is 23.9 Å². The molecule has 17 heavy (non-hydrogen) atoms. The van der Waals surface area contributed by atoms with Gasteiger partial charge in [0, 0.05) is 25.2 Å². The van der Waals surface area contributed by atoms with Gasteiger partial charge in [0.25, 0.3) is 0 Å². The van der Waals surface area contributed by atoms with Crippen LogP contribution in [0.25, 0.3) is 0 Å². The quantitative estimate of drug-likeness (QED) is 0.807. The Hall–Kier alpha value is -0.120. The van der Waals surface area contributed by atoms with Crippen LogP contribution in [0.5, 0.6) is 0 Å². The van der Waals surface area contributed by atoms with Gasteiger partial charge >= 0.3 is 0 Å². The minimum atomic E-state index is 0.619. The summed E-state index contributed by atoms with van der Waals surface area (Å²) in [6, 6.07) is 1.34. The van der Waals surface area contributed by atoms with Crippen LogP contribution in [0.4, 0.5) is 0 Å². The highest BCUT2D eigenvalue weighted by Gasteiger charge is 2.31. The van der Waals surface area contributed by atoms with E-state index in [1.165, 1.54) is 51.6 Å². The predicted octanol–water partition coefficient (Wildman–Crippen LogP) is 1.53. The van der Waals surface area contributed by atoms with Crippen molar-refractivity contribution in [2.75, 3.05) is 33.7 Å². The fourth-order valence-corrected chi connectivity index (χ4v) is 3.78. The largest absolute Gasteiger partial charge is 0.329 e. The van der Waals surface area contributed by atoms with Gasteiger partial charge < -0.3 is 10.6 Å². The Morgan fingerprint density at radius 2 is 1.94 bits per heavy atom. The smallest absolute Gasteiger partial charge is 0.0247 e. The lowest BCUT2D eigenvalue weighted by molar-refractivity contribution is 0.0760. The van der Waals surface area contributed by atoms with Crippen molar-refractivity contribution in [3.63, 3.8) is 0 Å². The Balaban J connectivity index is 1.93. The van der Waals surface area contributed by atoms with Crippen molar-refractivity contribution >= 4 is 0 Å². The lowest BCUT2D eigenvalue weighted by atomic mass is 9.94. The molecule has 2 atom stereocenters. The number of piperidine rings is 1. The van der Waals surface area contributed by atoms with E-state index in [4.69, 9.17) is 5.73 Å². The molecule has 100 valence electrons. The Bertz CT molecular complexity index is 226. The Kier molecular flexibility index (Phi) is 4.83. The average Bonchev–Trinajstić information content (AvgIpc) is 2.83. The molecule has 0 spiro atoms. The molecule has 2 aliphatic rings. The summed E-state index contributed by atoms with van der Waals surface area (Å²) in [5, 5.41) is 0. The molecular weight excluding hydrogens is 210 g/mol. The number of likely N-dealkylation sites (tertiary alicyclic amines) is 1. The first-order chi connectivity index (χ1) is 8.22. The normalized spacial score (nSPS) is 30.0. The summed E-state index contributed by atoms with van der Waals surface area (Å²) >= 11 is 0. The van der Waals surface area contributed by atoms with Gasteiger partial charge in [-0.25, -0.2) is 0 Å². The third-order valence-electron chi connectivity index (χ3n) is 4.88. The molecule has 0 aromatic carbocycles. The van der Waals surface area contributed by atoms with Crippen LogP contribution in [-0.2, 0) is 0 Å². The number of likely N-dealkylation sites (N-methyl/N-ethyl adjacent to an activating group) is 2. The first-order valence-corrected chi connectivity index (χ1v) is 7.33. The predicted molar refractivity (Wildman–Crippen MR) is 73.1 cm³/mol. The standard InChI is InChI=1S/C14H29N3/c1-16-9-5-8-13(11-16)17(2)14(10-15)12-6-3-4-7-12/h12-14H,3-11,15H2,1-2H3. The summed E-state index contributed by atoms with van der Waals surface area (Å²) in [5.74, 6) is 0.859. The van der Waals surface area contributed by atoms with E-state index >= 15 is 0 Å². The molecule has 1 saturated carbocycles. The first kappa shape index (κ1) is 13.3. The molecule has 0 aromatic rings. The molecule has 3 nitrogen and oxygen atoms in total. The average molecular weight is 239 g/mol. The summed E-state index contributed by atoms with van der Waals surface area (Å²) < 4.78 is 0. The van der Waals surface area contributed by atoms with E-state index in [1.807, 2.05) is 0 Å². The van der Waals surface area contributed by atoms with Crippen molar-refractivity contribution in [3.05, 3.63) is 0 Å². The van der Waals surface area contributed by atoms with E-state index < -0.39 is 0 Å². The molecule has 1 saturated heterocycles. The molecule has 2 rings (SSSR count). The van der Waals surface area contributed by atoms with Gasteiger partial charge in [-0.3, -0.25) is 4.90 Å². The van der Waals surface area contributed by atoms with E-state index in [0.29, 0.717) is 6.04 Å². The number of rotatable bonds is 4. The van der Waals surface area contributed by atoms with Gasteiger partial charge in [0.15, 0.2) is 0 Å². The molecule has 0 amide bonds. The van der Waals surface area contributed by atoms with Crippen LogP contribution in [0.2, 0.25) is 0 Å². The maximum atomic E-state index is 6.04. The molecule has 2 fully saturated rings. The molecule has 2 N–H and O–H groups in total. The topological polar surface area (TPSA) is 32.5 Å². The zero-order valence-corrected chi connectivity index (χ0v) is 11.6. The number of hydrogen-bond acceptors (Lipinski definition) is 3. The van der Waals surface area contributed by atoms with Gasteiger partial charge in [0.1, 0.15) is 0 Å². The Morgan fingerprint density at radius 1 is 1.24 bits per heavy atom. The van der Waals surface area contributed by atoms with Crippen LogP contribution < -0.4 is 5.73 Å². The zero-order chi connectivity index (χ0) is 12.3. The highest BCUT2D eigenvalue weighted by atomic mass is 15.2. The summed E-state index contributed by atoms with van der Waals surface area (Å²) in [7, 11) is 4.55. The Labute approximate surface area is 106 Å². The second-order valence-corrected chi connectivity index (χ2v) is 6.07. The molecule has 2 unspecified atom stereocenters. The monoisotopic (exact) mass is 239 g/mol. The minimum absolute atomic E-state index is 0.619. The summed E-state index contributed by atoms with van der Waals surface area (Å²) in [6.07, 6.45) is 8.32. The van der Waals surface area contributed by atoms with Crippen LogP contribution in [0.15, 0.2) is 0 Å². The molecule has 3 heteroatoms. The van der Waals surface area contributed by atoms with E-state index in [0.717, 1.165) is 18.5 Å². The van der Waals surface area contributed by atoms with Crippen LogP contribution in [0, 0.1) is 5.92 Å². The van der Waals surface area contributed by atoms with Gasteiger partial charge in [-0.1, -0.05) is 12.8 Å². The number of nitrogens with zero attached hydrogens (tertiary/aromatic N) is 2. The van der Waals surface area contributed by atoms with Gasteiger partial charge in [-0.15, -0.1) is 0 Å². The van der Waals surface area contributed by atoms with Crippen molar-refractivity contribution < 1.29 is 0 Å². The molecule has 1 heterocycles. The summed E-state index contributed by atoms with van der Waals surface area (Å²) in [6.45, 7) is 3.32. The van der Waals surface area contributed by atoms with Crippen molar-refractivity contribution in [1.29, 1.82) is 0 Å². The van der Waals surface area contributed by atoms with E-state index in [-0.39, 0.29) is 0 Å². The van der Waals surface area contributed by atoms with E-state index in [1.54, 1.807) is 0 Å². The zero-order valence-electron chi connectivity index (χ0n) is 11.6. The fourth-order valence-electron chi connectivity index (χ4n) is 3.78. The summed E-state index contributed by atoms with van der Waals surface area (Å²) in [4.78, 5) is 5.07. The van der Waals surface area contributed by atoms with E-state index in [9.17, 15) is 0 Å². The second-order valence-electron chi connectivity index (χ2n) is 6.07. The fraction of sp³-hybridized carbons (Fsp3) is 1.00. The second kappa shape index (κ2) is 6.17. The lowest BCUT2D eigenvalue weighted by Gasteiger charge is -2.41. The van der Waals surface area contributed by atoms with Crippen molar-refractivity contribution in [2.24, 2.45) is 11.7 Å². The van der Waals surface area contributed by atoms with Crippen molar-refractivity contribution in [1.82, 2.24) is 9.80 Å². The van der Waals surface area contributed by atoms with Gasteiger partial charge in [0.05, 0.1) is 0 Å². The molecule has 0 radical (unpaired) electrons. The summed E-state index contributed by atoms with van der Waals surface area (Å²) in [5.41, 5.74) is 6.04. The highest BCUT2D eigenvalue weighted by molar-refractivity contribution is 4.88. The molecule has 1 aliphatic heterocycles. The van der Waals surface area contributed by atoms with Gasteiger partial charge in [-0.05, 0) is 52.2 Å². The third kappa shape index (κ3) is 3.21. The minimum Gasteiger partial charge on any atom is -0.329 e. The first-order valence-electron chi connectivity index (χ1n) is 7.33. The number of nitrogens with two attached hydrogens (primary N) is 1. The highest BCUT2D eigenvalue weighted by Crippen LogP contribution is 2.31.